The van der Waals surface area contributed by atoms with Crippen LogP contribution in [-0.2, 0) is 11.0 Å². The molecule has 124 valence electrons. The summed E-state index contributed by atoms with van der Waals surface area (Å²) in [4.78, 5) is 0. The van der Waals surface area contributed by atoms with E-state index in [2.05, 4.69) is 4.40 Å². The molecule has 0 fully saturated rings. The molecule has 0 saturated heterocycles. The largest absolute Gasteiger partial charge is 0.417 e. The minimum atomic E-state index is -4.80. The number of hydrogen-bond donors (Lipinski definition) is 1. The molecule has 0 bridgehead atoms. The van der Waals surface area contributed by atoms with Crippen LogP contribution in [0.25, 0.3) is 0 Å². The molecule has 0 aliphatic carbocycles. The van der Waals surface area contributed by atoms with E-state index in [4.69, 9.17) is 0 Å². The van der Waals surface area contributed by atoms with Crippen molar-refractivity contribution in [1.82, 2.24) is 0 Å². The van der Waals surface area contributed by atoms with Gasteiger partial charge in [0.25, 0.3) is 0 Å². The van der Waals surface area contributed by atoms with Gasteiger partial charge < -0.3 is 5.11 Å². The molecule has 22 heavy (non-hydrogen) atoms. The molecule has 3 nitrogen and oxygen atoms in total. The Morgan fingerprint density at radius 1 is 1.14 bits per heavy atom. The fourth-order valence-corrected chi connectivity index (χ4v) is 2.12. The number of benzene rings is 1. The van der Waals surface area contributed by atoms with Crippen molar-refractivity contribution in [2.75, 3.05) is 0 Å². The van der Waals surface area contributed by atoms with Gasteiger partial charge in [-0.1, -0.05) is 30.3 Å². The molecule has 1 rings (SSSR count). The van der Waals surface area contributed by atoms with Gasteiger partial charge in [0.2, 0.25) is 0 Å². The van der Waals surface area contributed by atoms with Crippen LogP contribution in [0.3, 0.4) is 0 Å². The molecular formula is C15H20F3NO2S. The van der Waals surface area contributed by atoms with Crippen LogP contribution in [0.2, 0.25) is 0 Å². The Morgan fingerprint density at radius 3 is 2.05 bits per heavy atom. The second kappa shape index (κ2) is 6.50. The van der Waals surface area contributed by atoms with E-state index in [1.807, 2.05) is 0 Å². The van der Waals surface area contributed by atoms with Gasteiger partial charge in [0.15, 0.2) is 5.60 Å². The summed E-state index contributed by atoms with van der Waals surface area (Å²) in [5, 5.41) is 9.69. The zero-order valence-corrected chi connectivity index (χ0v) is 13.8. The lowest BCUT2D eigenvalue weighted by Crippen LogP contribution is -2.44. The molecule has 1 aromatic carbocycles. The van der Waals surface area contributed by atoms with Crippen molar-refractivity contribution in [3.05, 3.63) is 35.9 Å². The predicted octanol–water partition coefficient (Wildman–Crippen LogP) is 3.64. The van der Waals surface area contributed by atoms with Gasteiger partial charge in [-0.15, -0.1) is 0 Å². The summed E-state index contributed by atoms with van der Waals surface area (Å²) in [5.41, 5.74) is -2.56. The SMILES string of the molecule is CC(C)(C)S(=O)/N=C(/C[C@](C)(O)C(F)(F)F)c1ccccc1. The molecular weight excluding hydrogens is 315 g/mol. The summed E-state index contributed by atoms with van der Waals surface area (Å²) < 4.78 is 54.1. The third-order valence-electron chi connectivity index (χ3n) is 2.95. The summed E-state index contributed by atoms with van der Waals surface area (Å²) in [6.07, 6.45) is -5.56. The highest BCUT2D eigenvalue weighted by Crippen LogP contribution is 2.34. The Balaban J connectivity index is 3.26. The van der Waals surface area contributed by atoms with E-state index < -0.39 is 33.9 Å². The third-order valence-corrected chi connectivity index (χ3v) is 4.38. The molecule has 0 saturated carbocycles. The number of alkyl halides is 3. The van der Waals surface area contributed by atoms with Crippen molar-refractivity contribution in [2.45, 2.75) is 50.6 Å². The van der Waals surface area contributed by atoms with Gasteiger partial charge in [-0.05, 0) is 33.3 Å². The summed E-state index contributed by atoms with van der Waals surface area (Å²) in [6, 6.07) is 8.15. The van der Waals surface area contributed by atoms with Gasteiger partial charge in [0.05, 0.1) is 10.5 Å². The van der Waals surface area contributed by atoms with Crippen LogP contribution in [0.4, 0.5) is 13.2 Å². The molecule has 1 aromatic rings. The average molecular weight is 335 g/mol. The zero-order valence-electron chi connectivity index (χ0n) is 12.9. The van der Waals surface area contributed by atoms with Crippen molar-refractivity contribution < 1.29 is 22.5 Å². The van der Waals surface area contributed by atoms with E-state index in [1.165, 1.54) is 0 Å². The Bertz CT molecular complexity index is 560. The highest BCUT2D eigenvalue weighted by Gasteiger charge is 2.50. The Hall–Kier alpha value is -1.21. The molecule has 0 aliphatic rings. The first-order valence-corrected chi connectivity index (χ1v) is 7.79. The Labute approximate surface area is 130 Å². The summed E-state index contributed by atoms with van der Waals surface area (Å²) in [5.74, 6) is 0. The smallest absolute Gasteiger partial charge is 0.380 e. The second-order valence-corrected chi connectivity index (χ2v) is 8.12. The van der Waals surface area contributed by atoms with Crippen LogP contribution in [0.15, 0.2) is 34.7 Å². The lowest BCUT2D eigenvalue weighted by molar-refractivity contribution is -0.249. The van der Waals surface area contributed by atoms with Gasteiger partial charge in [-0.3, -0.25) is 0 Å². The van der Waals surface area contributed by atoms with Crippen LogP contribution < -0.4 is 0 Å². The topological polar surface area (TPSA) is 49.7 Å². The van der Waals surface area contributed by atoms with E-state index in [0.29, 0.717) is 12.5 Å². The van der Waals surface area contributed by atoms with Crippen LogP contribution in [0.5, 0.6) is 0 Å². The maximum atomic E-state index is 12.9. The predicted molar refractivity (Wildman–Crippen MR) is 82.2 cm³/mol. The molecule has 2 atom stereocenters. The summed E-state index contributed by atoms with van der Waals surface area (Å²) in [6.45, 7) is 5.72. The minimum absolute atomic E-state index is 0.0313. The first kappa shape index (κ1) is 18.8. The van der Waals surface area contributed by atoms with E-state index in [-0.39, 0.29) is 5.71 Å². The standard InChI is InChI=1S/C15H20F3NO2S/c1-13(2,3)22(21)19-12(11-8-6-5-7-9-11)10-14(4,20)15(16,17)18/h5-9,20H,10H2,1-4H3/b19-12-/t14-,22?/m0/s1. The van der Waals surface area contributed by atoms with Crippen molar-refractivity contribution in [3.63, 3.8) is 0 Å². The molecule has 0 aromatic heterocycles. The lowest BCUT2D eigenvalue weighted by atomic mass is 9.94. The van der Waals surface area contributed by atoms with E-state index in [1.54, 1.807) is 51.1 Å². The second-order valence-electron chi connectivity index (χ2n) is 6.21. The molecule has 0 radical (unpaired) electrons. The fraction of sp³-hybridized carbons (Fsp3) is 0.533. The number of aliphatic hydroxyl groups is 1. The third kappa shape index (κ3) is 4.91. The van der Waals surface area contributed by atoms with Gasteiger partial charge in [0, 0.05) is 6.42 Å². The van der Waals surface area contributed by atoms with E-state index in [0.717, 1.165) is 0 Å². The normalized spacial score (nSPS) is 17.9. The molecule has 1 N–H and O–H groups in total. The first-order chi connectivity index (χ1) is 9.84. The molecule has 1 unspecified atom stereocenters. The van der Waals surface area contributed by atoms with Crippen LogP contribution in [0, 0.1) is 0 Å². The van der Waals surface area contributed by atoms with Crippen LogP contribution in [-0.4, -0.2) is 31.6 Å². The van der Waals surface area contributed by atoms with Gasteiger partial charge >= 0.3 is 6.18 Å². The maximum Gasteiger partial charge on any atom is 0.417 e. The number of halogens is 3. The summed E-state index contributed by atoms with van der Waals surface area (Å²) >= 11 is 0. The minimum Gasteiger partial charge on any atom is -0.380 e. The highest BCUT2D eigenvalue weighted by molar-refractivity contribution is 7.85. The van der Waals surface area contributed by atoms with Crippen molar-refractivity contribution in [1.29, 1.82) is 0 Å². The van der Waals surface area contributed by atoms with E-state index >= 15 is 0 Å². The van der Waals surface area contributed by atoms with Crippen molar-refractivity contribution in [2.24, 2.45) is 4.40 Å². The summed E-state index contributed by atoms with van der Waals surface area (Å²) in [7, 11) is -1.72. The zero-order chi connectivity index (χ0) is 17.2. The Morgan fingerprint density at radius 2 is 1.64 bits per heavy atom. The van der Waals surface area contributed by atoms with Gasteiger partial charge in [0.1, 0.15) is 11.0 Å². The van der Waals surface area contributed by atoms with Crippen molar-refractivity contribution >= 4 is 16.7 Å². The average Bonchev–Trinajstić information content (AvgIpc) is 2.36. The van der Waals surface area contributed by atoms with Gasteiger partial charge in [-0.2, -0.15) is 17.6 Å². The van der Waals surface area contributed by atoms with E-state index in [9.17, 15) is 22.5 Å². The lowest BCUT2D eigenvalue weighted by Gasteiger charge is -2.27. The quantitative estimate of drug-likeness (QED) is 0.854. The molecule has 0 aliphatic heterocycles. The van der Waals surface area contributed by atoms with Gasteiger partial charge in [-0.25, -0.2) is 4.21 Å². The monoisotopic (exact) mass is 335 g/mol. The maximum absolute atomic E-state index is 12.9. The number of rotatable bonds is 4. The molecule has 0 spiro atoms. The van der Waals surface area contributed by atoms with Crippen LogP contribution in [0.1, 0.15) is 39.7 Å². The van der Waals surface area contributed by atoms with Crippen molar-refractivity contribution in [3.8, 4) is 0 Å². The number of nitrogens with zero attached hydrogens (tertiary/aromatic N) is 1. The molecule has 7 heteroatoms. The fourth-order valence-electron chi connectivity index (χ4n) is 1.48. The Kier molecular flexibility index (Phi) is 5.56. The number of hydrogen-bond acceptors (Lipinski definition) is 2. The highest BCUT2D eigenvalue weighted by atomic mass is 32.2. The molecule has 0 amide bonds. The van der Waals surface area contributed by atoms with Crippen LogP contribution >= 0.6 is 0 Å². The molecule has 0 heterocycles. The first-order valence-electron chi connectivity index (χ1n) is 6.69.